The predicted molar refractivity (Wildman–Crippen MR) is 205 cm³/mol. The number of H-pyrrole nitrogens is 1. The maximum atomic E-state index is 13.3. The lowest BCUT2D eigenvalue weighted by atomic mass is 9.97. The summed E-state index contributed by atoms with van der Waals surface area (Å²) in [6.07, 6.45) is 12.8. The minimum absolute atomic E-state index is 0.00918. The standard InChI is InChI=1S/C41H48N6O8/c1-46-24-30(29-23-43-45-37(29)41(46)53)26-21-32(54-2)27(33(22-26)55-3)15-12-17-34(48)42-20-10-8-6-4-5-7-9-13-25-14-11-16-28-36(25)40(52)47(39(28)51)31-18-19-35(49)44-38(31)50/h11,14,16,21-24,31H,4-10,12-13,15,17-20H2,1-3H3,(H,42,48)(H,43,45)(H,44,49,50). The zero-order valence-corrected chi connectivity index (χ0v) is 31.6. The van der Waals surface area contributed by atoms with E-state index in [1.807, 2.05) is 18.2 Å². The van der Waals surface area contributed by atoms with Crippen molar-refractivity contribution >= 4 is 40.4 Å². The molecule has 14 nitrogen and oxygen atoms in total. The number of rotatable bonds is 18. The predicted octanol–water partition coefficient (Wildman–Crippen LogP) is 4.76. The number of pyridine rings is 1. The van der Waals surface area contributed by atoms with Crippen LogP contribution in [0.5, 0.6) is 11.5 Å². The topological polar surface area (TPSA) is 182 Å². The average molecular weight is 753 g/mol. The third-order valence-corrected chi connectivity index (χ3v) is 10.5. The summed E-state index contributed by atoms with van der Waals surface area (Å²) >= 11 is 0. The van der Waals surface area contributed by atoms with Crippen molar-refractivity contribution in [1.29, 1.82) is 0 Å². The van der Waals surface area contributed by atoms with E-state index in [0.717, 1.165) is 72.1 Å². The van der Waals surface area contributed by atoms with E-state index in [0.29, 0.717) is 65.8 Å². The number of aromatic nitrogens is 3. The fourth-order valence-electron chi connectivity index (χ4n) is 7.63. The van der Waals surface area contributed by atoms with Crippen LogP contribution in [0.25, 0.3) is 22.0 Å². The highest BCUT2D eigenvalue weighted by atomic mass is 16.5. The van der Waals surface area contributed by atoms with Gasteiger partial charge in [-0.25, -0.2) is 0 Å². The molecular weight excluding hydrogens is 704 g/mol. The van der Waals surface area contributed by atoms with E-state index >= 15 is 0 Å². The molecule has 1 fully saturated rings. The van der Waals surface area contributed by atoms with Gasteiger partial charge < -0.3 is 19.4 Å². The Kier molecular flexibility index (Phi) is 12.4. The first-order chi connectivity index (χ1) is 26.6. The normalized spacial score (nSPS) is 15.4. The summed E-state index contributed by atoms with van der Waals surface area (Å²) in [7, 11) is 4.91. The summed E-state index contributed by atoms with van der Waals surface area (Å²) in [6.45, 7) is 0.629. The SMILES string of the molecule is COc1cc(-c2cn(C)c(=O)c3[nH]ncc23)cc(OC)c1CCCC(=O)NCCCCCCCCCc1cccc2c1C(=O)N(C1CCC(=O)NC1=O)C2=O. The molecule has 4 aromatic rings. The lowest BCUT2D eigenvalue weighted by molar-refractivity contribution is -0.136. The van der Waals surface area contributed by atoms with Crippen molar-refractivity contribution < 1.29 is 33.4 Å². The van der Waals surface area contributed by atoms with E-state index in [9.17, 15) is 28.8 Å². The highest BCUT2D eigenvalue weighted by Gasteiger charge is 2.45. The van der Waals surface area contributed by atoms with Crippen LogP contribution in [0.3, 0.4) is 0 Å². The Morgan fingerprint density at radius 2 is 1.60 bits per heavy atom. The first-order valence-corrected chi connectivity index (χ1v) is 19.0. The van der Waals surface area contributed by atoms with Crippen molar-refractivity contribution in [3.8, 4) is 22.6 Å². The van der Waals surface area contributed by atoms with Crippen molar-refractivity contribution in [3.05, 3.63) is 75.3 Å². The second kappa shape index (κ2) is 17.6. The Morgan fingerprint density at radius 3 is 2.31 bits per heavy atom. The highest BCUT2D eigenvalue weighted by Crippen LogP contribution is 2.38. The number of nitrogens with zero attached hydrogens (tertiary/aromatic N) is 3. The van der Waals surface area contributed by atoms with E-state index < -0.39 is 29.7 Å². The van der Waals surface area contributed by atoms with Crippen molar-refractivity contribution in [2.24, 2.45) is 7.05 Å². The van der Waals surface area contributed by atoms with Gasteiger partial charge in [-0.15, -0.1) is 0 Å². The molecule has 0 saturated carbocycles. The van der Waals surface area contributed by atoms with Gasteiger partial charge in [-0.3, -0.25) is 44.1 Å². The Labute approximate surface area is 318 Å². The number of hydrogen-bond donors (Lipinski definition) is 3. The van der Waals surface area contributed by atoms with Gasteiger partial charge in [0, 0.05) is 49.1 Å². The van der Waals surface area contributed by atoms with E-state index in [-0.39, 0.29) is 24.3 Å². The lowest BCUT2D eigenvalue weighted by Gasteiger charge is -2.27. The number of carbonyl (C=O) groups excluding carboxylic acids is 5. The molecule has 0 aliphatic carbocycles. The first-order valence-electron chi connectivity index (χ1n) is 19.0. The van der Waals surface area contributed by atoms with Crippen LogP contribution in [0, 0.1) is 0 Å². The average Bonchev–Trinajstić information content (AvgIpc) is 3.77. The van der Waals surface area contributed by atoms with Gasteiger partial charge in [-0.2, -0.15) is 5.10 Å². The Morgan fingerprint density at radius 1 is 0.891 bits per heavy atom. The summed E-state index contributed by atoms with van der Waals surface area (Å²) in [5, 5.41) is 12.8. The van der Waals surface area contributed by atoms with E-state index in [1.54, 1.807) is 45.8 Å². The number of hydrogen-bond acceptors (Lipinski definition) is 9. The third-order valence-electron chi connectivity index (χ3n) is 10.5. The molecule has 0 radical (unpaired) electrons. The van der Waals surface area contributed by atoms with E-state index in [1.165, 1.54) is 4.57 Å². The third kappa shape index (κ3) is 8.48. The molecule has 55 heavy (non-hydrogen) atoms. The number of imide groups is 2. The monoisotopic (exact) mass is 752 g/mol. The Bertz CT molecular complexity index is 2150. The van der Waals surface area contributed by atoms with Gasteiger partial charge in [0.2, 0.25) is 17.7 Å². The molecule has 14 heteroatoms. The van der Waals surface area contributed by atoms with E-state index in [2.05, 4.69) is 20.8 Å². The lowest BCUT2D eigenvalue weighted by Crippen LogP contribution is -2.54. The highest BCUT2D eigenvalue weighted by molar-refractivity contribution is 6.24. The summed E-state index contributed by atoms with van der Waals surface area (Å²) in [4.78, 5) is 76.5. The zero-order chi connectivity index (χ0) is 39.1. The van der Waals surface area contributed by atoms with Gasteiger partial charge in [0.25, 0.3) is 17.4 Å². The maximum absolute atomic E-state index is 13.3. The van der Waals surface area contributed by atoms with Gasteiger partial charge in [0.15, 0.2) is 0 Å². The number of nitrogens with one attached hydrogen (secondary N) is 3. The first kappa shape index (κ1) is 38.9. The molecule has 0 bridgehead atoms. The number of benzene rings is 2. The quantitative estimate of drug-likeness (QED) is 0.0954. The molecule has 2 aliphatic rings. The molecule has 1 unspecified atom stereocenters. The molecule has 1 atom stereocenters. The van der Waals surface area contributed by atoms with Gasteiger partial charge in [-0.05, 0) is 67.9 Å². The van der Waals surface area contributed by atoms with Gasteiger partial charge in [0.05, 0.1) is 31.5 Å². The summed E-state index contributed by atoms with van der Waals surface area (Å²) in [5.41, 5.74) is 4.30. The van der Waals surface area contributed by atoms with Crippen molar-refractivity contribution in [1.82, 2.24) is 30.3 Å². The van der Waals surface area contributed by atoms with Crippen LogP contribution in [-0.4, -0.2) is 76.0 Å². The van der Waals surface area contributed by atoms with Crippen LogP contribution >= 0.6 is 0 Å². The molecular formula is C41H48N6O8. The number of aryl methyl sites for hydroxylation is 2. The van der Waals surface area contributed by atoms with Crippen LogP contribution in [0.4, 0.5) is 0 Å². The summed E-state index contributed by atoms with van der Waals surface area (Å²) < 4.78 is 13.0. The minimum atomic E-state index is -0.965. The molecule has 3 N–H and O–H groups in total. The number of carbonyl (C=O) groups is 5. The number of amides is 5. The molecule has 2 aromatic heterocycles. The smallest absolute Gasteiger partial charge is 0.276 e. The van der Waals surface area contributed by atoms with Crippen LogP contribution in [0.1, 0.15) is 102 Å². The molecule has 2 aliphatic heterocycles. The molecule has 0 spiro atoms. The fourth-order valence-corrected chi connectivity index (χ4v) is 7.63. The molecule has 2 aromatic carbocycles. The summed E-state index contributed by atoms with van der Waals surface area (Å²) in [5.74, 6) is -0.634. The molecule has 4 heterocycles. The second-order valence-corrected chi connectivity index (χ2v) is 14.2. The van der Waals surface area contributed by atoms with Crippen molar-refractivity contribution in [3.63, 3.8) is 0 Å². The van der Waals surface area contributed by atoms with E-state index in [4.69, 9.17) is 9.47 Å². The second-order valence-electron chi connectivity index (χ2n) is 14.2. The van der Waals surface area contributed by atoms with Crippen LogP contribution < -0.4 is 25.7 Å². The minimum Gasteiger partial charge on any atom is -0.496 e. The molecule has 6 rings (SSSR count). The summed E-state index contributed by atoms with van der Waals surface area (Å²) in [6, 6.07) is 8.15. The molecule has 1 saturated heterocycles. The Balaban J connectivity index is 0.875. The van der Waals surface area contributed by atoms with Crippen LogP contribution in [0.15, 0.2) is 47.5 Å². The number of fused-ring (bicyclic) bond motifs is 2. The number of ether oxygens (including phenoxy) is 2. The number of unbranched alkanes of at least 4 members (excludes halogenated alkanes) is 6. The van der Waals surface area contributed by atoms with Gasteiger partial charge in [-0.1, -0.05) is 44.2 Å². The number of piperidine rings is 1. The fraction of sp³-hybridized carbons (Fsp3) is 0.439. The molecule has 5 amide bonds. The number of aromatic amines is 1. The van der Waals surface area contributed by atoms with Crippen LogP contribution in [0.2, 0.25) is 0 Å². The zero-order valence-electron chi connectivity index (χ0n) is 31.6. The number of methoxy groups -OCH3 is 2. The van der Waals surface area contributed by atoms with Gasteiger partial charge >= 0.3 is 0 Å². The van der Waals surface area contributed by atoms with Gasteiger partial charge in [0.1, 0.15) is 23.1 Å². The Hall–Kier alpha value is -5.79. The van der Waals surface area contributed by atoms with Crippen LogP contribution in [-0.2, 0) is 34.3 Å². The van der Waals surface area contributed by atoms with Crippen molar-refractivity contribution in [2.45, 2.75) is 89.5 Å². The van der Waals surface area contributed by atoms with Crippen molar-refractivity contribution in [2.75, 3.05) is 20.8 Å². The largest absolute Gasteiger partial charge is 0.496 e. The molecule has 290 valence electrons. The maximum Gasteiger partial charge on any atom is 0.276 e.